The third-order valence-electron chi connectivity index (χ3n) is 1.76. The first-order chi connectivity index (χ1) is 5.38. The van der Waals surface area contributed by atoms with Crippen molar-refractivity contribution in [3.63, 3.8) is 0 Å². The molecular formula is C9H7NS. The first kappa shape index (κ1) is 6.68. The van der Waals surface area contributed by atoms with Crippen LogP contribution in [0.1, 0.15) is 17.5 Å². The Morgan fingerprint density at radius 1 is 1.45 bits per heavy atom. The van der Waals surface area contributed by atoms with Crippen molar-refractivity contribution in [1.29, 1.82) is 0 Å². The maximum Gasteiger partial charge on any atom is 0.0357 e. The van der Waals surface area contributed by atoms with Gasteiger partial charge in [-0.2, -0.15) is 0 Å². The average Bonchev–Trinajstić information content (AvgIpc) is 2.06. The highest BCUT2D eigenvalue weighted by Crippen LogP contribution is 2.17. The van der Waals surface area contributed by atoms with Crippen LogP contribution in [-0.2, 0) is 0 Å². The molecule has 0 radical (unpaired) electrons. The van der Waals surface area contributed by atoms with E-state index in [1.165, 1.54) is 5.56 Å². The second kappa shape index (κ2) is 2.55. The summed E-state index contributed by atoms with van der Waals surface area (Å²) in [5.74, 6) is 0. The van der Waals surface area contributed by atoms with E-state index in [1.807, 2.05) is 12.3 Å². The van der Waals surface area contributed by atoms with Gasteiger partial charge < -0.3 is 0 Å². The zero-order valence-corrected chi connectivity index (χ0v) is 6.77. The third-order valence-corrected chi connectivity index (χ3v) is 2.14. The van der Waals surface area contributed by atoms with Gasteiger partial charge in [0.05, 0.1) is 0 Å². The standard InChI is InChI=1S/C9H7NS/c11-9-3-1-2-7-4-5-10-6-8(7)9/h1-2,4-6H,3H2. The van der Waals surface area contributed by atoms with E-state index in [9.17, 15) is 0 Å². The molecule has 0 aliphatic heterocycles. The van der Waals surface area contributed by atoms with Gasteiger partial charge in [0.25, 0.3) is 0 Å². The molecule has 2 rings (SSSR count). The predicted octanol–water partition coefficient (Wildman–Crippen LogP) is 2.22. The number of thiocarbonyl (C=S) groups is 1. The highest BCUT2D eigenvalue weighted by molar-refractivity contribution is 7.80. The van der Waals surface area contributed by atoms with Gasteiger partial charge in [-0.15, -0.1) is 0 Å². The molecule has 11 heavy (non-hydrogen) atoms. The monoisotopic (exact) mass is 161 g/mol. The van der Waals surface area contributed by atoms with Gasteiger partial charge in [0.2, 0.25) is 0 Å². The predicted molar refractivity (Wildman–Crippen MR) is 49.6 cm³/mol. The molecule has 2 heteroatoms. The molecule has 0 saturated heterocycles. The molecule has 0 spiro atoms. The highest BCUT2D eigenvalue weighted by Gasteiger charge is 2.07. The SMILES string of the molecule is S=C1CC=Cc2ccncc21. The minimum Gasteiger partial charge on any atom is -0.264 e. The molecule has 0 amide bonds. The van der Waals surface area contributed by atoms with Crippen molar-refractivity contribution >= 4 is 23.2 Å². The summed E-state index contributed by atoms with van der Waals surface area (Å²) in [4.78, 5) is 5.02. The minimum absolute atomic E-state index is 0.883. The van der Waals surface area contributed by atoms with Gasteiger partial charge in [-0.1, -0.05) is 24.4 Å². The lowest BCUT2D eigenvalue weighted by atomic mass is 10.00. The summed E-state index contributed by atoms with van der Waals surface area (Å²) in [5.41, 5.74) is 2.31. The van der Waals surface area contributed by atoms with E-state index in [4.69, 9.17) is 12.2 Å². The lowest BCUT2D eigenvalue weighted by Gasteiger charge is -2.09. The second-order valence-corrected chi connectivity index (χ2v) is 2.99. The van der Waals surface area contributed by atoms with Crippen LogP contribution in [0.3, 0.4) is 0 Å². The summed E-state index contributed by atoms with van der Waals surface area (Å²) >= 11 is 5.17. The number of nitrogens with zero attached hydrogens (tertiary/aromatic N) is 1. The van der Waals surface area contributed by atoms with Crippen molar-refractivity contribution in [3.8, 4) is 0 Å². The largest absolute Gasteiger partial charge is 0.264 e. The minimum atomic E-state index is 0.883. The van der Waals surface area contributed by atoms with Crippen LogP contribution in [-0.4, -0.2) is 9.85 Å². The van der Waals surface area contributed by atoms with Gasteiger partial charge in [0.1, 0.15) is 0 Å². The molecule has 1 aromatic rings. The van der Waals surface area contributed by atoms with E-state index in [0.717, 1.165) is 16.8 Å². The molecule has 0 bridgehead atoms. The lowest BCUT2D eigenvalue weighted by Crippen LogP contribution is -2.02. The quantitative estimate of drug-likeness (QED) is 0.541. The maximum absolute atomic E-state index is 5.17. The highest BCUT2D eigenvalue weighted by atomic mass is 32.1. The topological polar surface area (TPSA) is 12.9 Å². The van der Waals surface area contributed by atoms with E-state index in [-0.39, 0.29) is 0 Å². The molecule has 0 aromatic carbocycles. The number of allylic oxidation sites excluding steroid dienone is 1. The van der Waals surface area contributed by atoms with Gasteiger partial charge in [-0.05, 0) is 11.6 Å². The lowest BCUT2D eigenvalue weighted by molar-refractivity contribution is 1.29. The number of rotatable bonds is 0. The van der Waals surface area contributed by atoms with Gasteiger partial charge in [0, 0.05) is 29.2 Å². The van der Waals surface area contributed by atoms with Crippen LogP contribution in [0.5, 0.6) is 0 Å². The van der Waals surface area contributed by atoms with Crippen LogP contribution in [0.15, 0.2) is 24.5 Å². The molecule has 1 aliphatic rings. The van der Waals surface area contributed by atoms with Crippen LogP contribution >= 0.6 is 12.2 Å². The van der Waals surface area contributed by atoms with Crippen molar-refractivity contribution in [1.82, 2.24) is 4.98 Å². The van der Waals surface area contributed by atoms with Gasteiger partial charge >= 0.3 is 0 Å². The molecule has 1 aliphatic carbocycles. The normalized spacial score (nSPS) is 14.7. The fraction of sp³-hybridized carbons (Fsp3) is 0.111. The van der Waals surface area contributed by atoms with Crippen molar-refractivity contribution in [2.45, 2.75) is 6.42 Å². The molecule has 0 atom stereocenters. The van der Waals surface area contributed by atoms with Crippen molar-refractivity contribution in [2.24, 2.45) is 0 Å². The summed E-state index contributed by atoms with van der Waals surface area (Å²) in [6, 6.07) is 1.98. The smallest absolute Gasteiger partial charge is 0.0357 e. The van der Waals surface area contributed by atoms with Gasteiger partial charge in [0.15, 0.2) is 0 Å². The van der Waals surface area contributed by atoms with Crippen molar-refractivity contribution < 1.29 is 0 Å². The van der Waals surface area contributed by atoms with E-state index in [1.54, 1.807) is 6.20 Å². The summed E-state index contributed by atoms with van der Waals surface area (Å²) in [6.07, 6.45) is 8.68. The molecule has 0 unspecified atom stereocenters. The van der Waals surface area contributed by atoms with E-state index >= 15 is 0 Å². The Labute approximate surface area is 70.8 Å². The molecular weight excluding hydrogens is 154 g/mol. The van der Waals surface area contributed by atoms with Crippen LogP contribution < -0.4 is 0 Å². The van der Waals surface area contributed by atoms with E-state index in [2.05, 4.69) is 17.1 Å². The zero-order chi connectivity index (χ0) is 7.68. The van der Waals surface area contributed by atoms with Gasteiger partial charge in [-0.3, -0.25) is 4.98 Å². The molecule has 1 heterocycles. The van der Waals surface area contributed by atoms with Crippen molar-refractivity contribution in [2.75, 3.05) is 0 Å². The van der Waals surface area contributed by atoms with E-state index in [0.29, 0.717) is 0 Å². The first-order valence-corrected chi connectivity index (χ1v) is 3.92. The molecule has 1 nitrogen and oxygen atoms in total. The molecule has 54 valence electrons. The van der Waals surface area contributed by atoms with Crippen LogP contribution in [0.25, 0.3) is 6.08 Å². The van der Waals surface area contributed by atoms with Gasteiger partial charge in [-0.25, -0.2) is 0 Å². The van der Waals surface area contributed by atoms with Crippen LogP contribution in [0.4, 0.5) is 0 Å². The number of hydrogen-bond acceptors (Lipinski definition) is 2. The number of pyridine rings is 1. The first-order valence-electron chi connectivity index (χ1n) is 3.52. The summed E-state index contributed by atoms with van der Waals surface area (Å²) in [6.45, 7) is 0. The summed E-state index contributed by atoms with van der Waals surface area (Å²) in [5, 5.41) is 0. The third kappa shape index (κ3) is 1.10. The Morgan fingerprint density at radius 3 is 3.18 bits per heavy atom. The molecule has 0 N–H and O–H groups in total. The zero-order valence-electron chi connectivity index (χ0n) is 5.95. The Balaban J connectivity index is 2.63. The Morgan fingerprint density at radius 2 is 2.36 bits per heavy atom. The Hall–Kier alpha value is -1.02. The molecule has 0 fully saturated rings. The summed E-state index contributed by atoms with van der Waals surface area (Å²) < 4.78 is 0. The number of hydrogen-bond donors (Lipinski definition) is 0. The number of aromatic nitrogens is 1. The molecule has 1 aromatic heterocycles. The Kier molecular flexibility index (Phi) is 1.55. The van der Waals surface area contributed by atoms with E-state index < -0.39 is 0 Å². The fourth-order valence-corrected chi connectivity index (χ4v) is 1.45. The maximum atomic E-state index is 5.17. The Bertz CT molecular complexity index is 328. The van der Waals surface area contributed by atoms with Crippen LogP contribution in [0, 0.1) is 0 Å². The second-order valence-electron chi connectivity index (χ2n) is 2.49. The summed E-state index contributed by atoms with van der Waals surface area (Å²) in [7, 11) is 0. The average molecular weight is 161 g/mol. The van der Waals surface area contributed by atoms with Crippen molar-refractivity contribution in [3.05, 3.63) is 35.7 Å². The van der Waals surface area contributed by atoms with Crippen LogP contribution in [0.2, 0.25) is 0 Å². The number of fused-ring (bicyclic) bond motifs is 1. The fourth-order valence-electron chi connectivity index (χ4n) is 1.19. The molecule has 0 saturated carbocycles.